The van der Waals surface area contributed by atoms with Crippen molar-refractivity contribution in [1.82, 2.24) is 24.7 Å². The molecule has 0 aliphatic rings. The Hall–Kier alpha value is -3.94. The number of ether oxygens (including phenoxy) is 1. The molecule has 0 aliphatic carbocycles. The second-order valence-electron chi connectivity index (χ2n) is 5.94. The Labute approximate surface area is 153 Å². The van der Waals surface area contributed by atoms with E-state index in [0.717, 1.165) is 16.5 Å². The van der Waals surface area contributed by atoms with E-state index in [0.29, 0.717) is 28.7 Å². The minimum absolute atomic E-state index is 0.246. The summed E-state index contributed by atoms with van der Waals surface area (Å²) in [5.41, 5.74) is 8.95. The summed E-state index contributed by atoms with van der Waals surface area (Å²) in [5, 5.41) is 9.40. The lowest BCUT2D eigenvalue weighted by molar-refractivity contribution is 0.419. The van der Waals surface area contributed by atoms with Gasteiger partial charge in [0.2, 0.25) is 11.8 Å². The normalized spacial score (nSPS) is 11.3. The Morgan fingerprint density at radius 1 is 1.04 bits per heavy atom. The van der Waals surface area contributed by atoms with Gasteiger partial charge in [-0.15, -0.1) is 0 Å². The number of anilines is 1. The molecule has 0 unspecified atom stereocenters. The molecule has 0 bridgehead atoms. The van der Waals surface area contributed by atoms with Gasteiger partial charge in [0.05, 0.1) is 12.6 Å². The minimum Gasteiger partial charge on any atom is -0.494 e. The molecular weight excluding hydrogens is 344 g/mol. The third-order valence-corrected chi connectivity index (χ3v) is 4.32. The van der Waals surface area contributed by atoms with E-state index in [1.807, 2.05) is 54.6 Å². The minimum atomic E-state index is 0.246. The number of methoxy groups -OCH3 is 1. The summed E-state index contributed by atoms with van der Waals surface area (Å²) in [6, 6.07) is 17.1. The van der Waals surface area contributed by atoms with Crippen LogP contribution >= 0.6 is 0 Å². The van der Waals surface area contributed by atoms with Gasteiger partial charge in [-0.05, 0) is 12.1 Å². The maximum absolute atomic E-state index is 6.10. The van der Waals surface area contributed by atoms with Crippen LogP contribution in [0.3, 0.4) is 0 Å². The second kappa shape index (κ2) is 5.80. The van der Waals surface area contributed by atoms with E-state index in [1.165, 1.54) is 0 Å². The van der Waals surface area contributed by atoms with Crippen molar-refractivity contribution in [3.63, 3.8) is 0 Å². The number of hydrogen-bond donors (Lipinski definition) is 1. The molecule has 8 heteroatoms. The van der Waals surface area contributed by atoms with Crippen LogP contribution in [-0.4, -0.2) is 31.8 Å². The highest BCUT2D eigenvalue weighted by molar-refractivity contribution is 5.98. The van der Waals surface area contributed by atoms with Crippen LogP contribution in [0.15, 0.2) is 59.1 Å². The molecule has 2 aromatic carbocycles. The zero-order chi connectivity index (χ0) is 18.4. The average Bonchev–Trinajstić information content (AvgIpc) is 3.36. The number of fused-ring (bicyclic) bond motifs is 3. The van der Waals surface area contributed by atoms with Crippen LogP contribution < -0.4 is 10.5 Å². The van der Waals surface area contributed by atoms with Crippen molar-refractivity contribution in [2.75, 3.05) is 12.8 Å². The van der Waals surface area contributed by atoms with Gasteiger partial charge in [0.15, 0.2) is 5.69 Å². The lowest BCUT2D eigenvalue weighted by Gasteiger charge is -2.07. The summed E-state index contributed by atoms with van der Waals surface area (Å²) >= 11 is 0. The Balaban J connectivity index is 1.68. The van der Waals surface area contributed by atoms with E-state index in [9.17, 15) is 0 Å². The molecule has 0 aliphatic heterocycles. The Morgan fingerprint density at radius 2 is 1.89 bits per heavy atom. The highest BCUT2D eigenvalue weighted by Crippen LogP contribution is 2.30. The molecule has 27 heavy (non-hydrogen) atoms. The summed E-state index contributed by atoms with van der Waals surface area (Å²) in [6.07, 6.45) is 0. The van der Waals surface area contributed by atoms with Crippen molar-refractivity contribution in [3.05, 3.63) is 54.6 Å². The lowest BCUT2D eigenvalue weighted by Crippen LogP contribution is -2.03. The van der Waals surface area contributed by atoms with E-state index in [2.05, 4.69) is 20.2 Å². The molecule has 2 N–H and O–H groups in total. The third kappa shape index (κ3) is 2.38. The fourth-order valence-electron chi connectivity index (χ4n) is 3.06. The van der Waals surface area contributed by atoms with Gasteiger partial charge >= 0.3 is 0 Å². The standard InChI is InChI=1S/C19H14N6O2/c1-26-15-9-5-8-12-14-10-13(23-25(14)19(20)21-16(12)15)18-22-17(24-27-18)11-6-3-2-4-7-11/h2-10H,1H3,(H2,20,21). The van der Waals surface area contributed by atoms with Crippen LogP contribution in [0.2, 0.25) is 0 Å². The molecule has 0 saturated carbocycles. The topological polar surface area (TPSA) is 104 Å². The molecule has 132 valence electrons. The second-order valence-corrected chi connectivity index (χ2v) is 5.94. The van der Waals surface area contributed by atoms with E-state index >= 15 is 0 Å². The van der Waals surface area contributed by atoms with Gasteiger partial charge in [-0.1, -0.05) is 47.6 Å². The molecule has 0 atom stereocenters. The maximum Gasteiger partial charge on any atom is 0.278 e. The van der Waals surface area contributed by atoms with Gasteiger partial charge < -0.3 is 15.0 Å². The molecule has 5 aromatic rings. The molecule has 8 nitrogen and oxygen atoms in total. The molecule has 5 rings (SSSR count). The lowest BCUT2D eigenvalue weighted by atomic mass is 10.2. The zero-order valence-electron chi connectivity index (χ0n) is 14.3. The summed E-state index contributed by atoms with van der Waals surface area (Å²) in [6.45, 7) is 0. The Bertz CT molecular complexity index is 1280. The van der Waals surface area contributed by atoms with Crippen LogP contribution in [0.4, 0.5) is 5.95 Å². The maximum atomic E-state index is 6.10. The highest BCUT2D eigenvalue weighted by Gasteiger charge is 2.17. The van der Waals surface area contributed by atoms with Crippen molar-refractivity contribution in [2.45, 2.75) is 0 Å². The Morgan fingerprint density at radius 3 is 2.70 bits per heavy atom. The summed E-state index contributed by atoms with van der Waals surface area (Å²) in [5.74, 6) is 1.71. The quantitative estimate of drug-likeness (QED) is 0.528. The van der Waals surface area contributed by atoms with Crippen LogP contribution in [0.5, 0.6) is 5.75 Å². The average molecular weight is 358 g/mol. The first-order valence-corrected chi connectivity index (χ1v) is 8.26. The number of para-hydroxylation sites is 1. The number of hydrogen-bond acceptors (Lipinski definition) is 7. The number of nitrogens with two attached hydrogens (primary N) is 1. The number of aromatic nitrogens is 5. The van der Waals surface area contributed by atoms with Gasteiger partial charge in [-0.2, -0.15) is 14.6 Å². The molecule has 0 radical (unpaired) electrons. The van der Waals surface area contributed by atoms with Crippen molar-refractivity contribution >= 4 is 22.4 Å². The van der Waals surface area contributed by atoms with Crippen molar-refractivity contribution < 1.29 is 9.26 Å². The number of nitrogens with zero attached hydrogens (tertiary/aromatic N) is 5. The molecule has 0 spiro atoms. The zero-order valence-corrected chi connectivity index (χ0v) is 14.3. The molecule has 0 saturated heterocycles. The fraction of sp³-hybridized carbons (Fsp3) is 0.0526. The predicted octanol–water partition coefficient (Wildman–Crippen LogP) is 3.19. The van der Waals surface area contributed by atoms with Crippen molar-refractivity contribution in [3.8, 4) is 28.7 Å². The first-order valence-electron chi connectivity index (χ1n) is 8.26. The van der Waals surface area contributed by atoms with Crippen LogP contribution in [0.1, 0.15) is 0 Å². The SMILES string of the molecule is COc1cccc2c1nc(N)n1nc(-c3nc(-c4ccccc4)no3)cc21. The smallest absolute Gasteiger partial charge is 0.278 e. The molecule has 0 fully saturated rings. The first kappa shape index (κ1) is 15.3. The molecule has 3 aromatic heterocycles. The van der Waals surface area contributed by atoms with Gasteiger partial charge in [-0.25, -0.2) is 4.98 Å². The number of benzene rings is 2. The van der Waals surface area contributed by atoms with E-state index in [1.54, 1.807) is 11.6 Å². The highest BCUT2D eigenvalue weighted by atomic mass is 16.5. The first-order chi connectivity index (χ1) is 13.2. The van der Waals surface area contributed by atoms with Gasteiger partial charge in [-0.3, -0.25) is 0 Å². The summed E-state index contributed by atoms with van der Waals surface area (Å²) < 4.78 is 12.4. The summed E-state index contributed by atoms with van der Waals surface area (Å²) in [4.78, 5) is 8.87. The Kier molecular flexibility index (Phi) is 3.29. The van der Waals surface area contributed by atoms with E-state index < -0.39 is 0 Å². The van der Waals surface area contributed by atoms with Gasteiger partial charge in [0, 0.05) is 10.9 Å². The predicted molar refractivity (Wildman–Crippen MR) is 100 cm³/mol. The van der Waals surface area contributed by atoms with Crippen molar-refractivity contribution in [2.24, 2.45) is 0 Å². The summed E-state index contributed by atoms with van der Waals surface area (Å²) in [7, 11) is 1.60. The van der Waals surface area contributed by atoms with E-state index in [4.69, 9.17) is 15.0 Å². The molecule has 0 amide bonds. The number of rotatable bonds is 3. The molecular formula is C19H14N6O2. The largest absolute Gasteiger partial charge is 0.494 e. The van der Waals surface area contributed by atoms with E-state index in [-0.39, 0.29) is 5.95 Å². The van der Waals surface area contributed by atoms with Crippen molar-refractivity contribution in [1.29, 1.82) is 0 Å². The van der Waals surface area contributed by atoms with Crippen LogP contribution in [0.25, 0.3) is 39.4 Å². The van der Waals surface area contributed by atoms with Crippen LogP contribution in [-0.2, 0) is 0 Å². The fourth-order valence-corrected chi connectivity index (χ4v) is 3.06. The van der Waals surface area contributed by atoms with Gasteiger partial charge in [0.1, 0.15) is 11.3 Å². The van der Waals surface area contributed by atoms with Gasteiger partial charge in [0.25, 0.3) is 5.89 Å². The number of nitrogen functional groups attached to an aromatic ring is 1. The molecule has 3 heterocycles. The third-order valence-electron chi connectivity index (χ3n) is 4.32. The van der Waals surface area contributed by atoms with Crippen LogP contribution in [0, 0.1) is 0 Å². The monoisotopic (exact) mass is 358 g/mol.